The van der Waals surface area contributed by atoms with Crippen molar-refractivity contribution >= 4 is 0 Å². The molecule has 0 spiro atoms. The second-order valence-electron chi connectivity index (χ2n) is 5.66. The average Bonchev–Trinajstić information content (AvgIpc) is 2.67. The molecule has 1 saturated heterocycles. The molecule has 0 aliphatic carbocycles. The molecule has 2 rings (SSSR count). The van der Waals surface area contributed by atoms with E-state index in [-0.39, 0.29) is 0 Å². The highest BCUT2D eigenvalue weighted by molar-refractivity contribution is 5.24. The molecule has 0 saturated carbocycles. The standard InChI is InChI=1S/C15H26N2O/c1-10-6-5-7-14(9-16)17(10)12(3)15-8-11(2)18-13(15)4/h8,10,12,14H,5-7,9,16H2,1-4H3. The van der Waals surface area contributed by atoms with Crippen LogP contribution in [0.2, 0.25) is 0 Å². The molecule has 3 nitrogen and oxygen atoms in total. The fourth-order valence-corrected chi connectivity index (χ4v) is 3.47. The minimum absolute atomic E-state index is 0.395. The Morgan fingerprint density at radius 3 is 2.72 bits per heavy atom. The predicted molar refractivity (Wildman–Crippen MR) is 74.6 cm³/mol. The number of nitrogens with two attached hydrogens (primary N) is 1. The minimum atomic E-state index is 0.395. The van der Waals surface area contributed by atoms with E-state index in [4.69, 9.17) is 10.2 Å². The van der Waals surface area contributed by atoms with Gasteiger partial charge in [0.2, 0.25) is 0 Å². The molecule has 2 N–H and O–H groups in total. The first-order valence-corrected chi connectivity index (χ1v) is 7.09. The SMILES string of the molecule is Cc1cc(C(C)N2C(C)CCCC2CN)c(C)o1. The molecule has 18 heavy (non-hydrogen) atoms. The molecule has 3 unspecified atom stereocenters. The Balaban J connectivity index is 2.24. The zero-order valence-corrected chi connectivity index (χ0v) is 12.1. The molecule has 0 amide bonds. The molecule has 1 aliphatic heterocycles. The molecule has 2 heterocycles. The van der Waals surface area contributed by atoms with Gasteiger partial charge in [-0.3, -0.25) is 4.90 Å². The highest BCUT2D eigenvalue weighted by atomic mass is 16.3. The normalized spacial score (nSPS) is 27.4. The van der Waals surface area contributed by atoms with Crippen molar-refractivity contribution in [2.24, 2.45) is 5.73 Å². The predicted octanol–water partition coefficient (Wildman–Crippen LogP) is 3.16. The van der Waals surface area contributed by atoms with E-state index in [1.165, 1.54) is 24.8 Å². The quantitative estimate of drug-likeness (QED) is 0.896. The molecule has 1 aromatic heterocycles. The number of likely N-dealkylation sites (tertiary alicyclic amines) is 1. The van der Waals surface area contributed by atoms with Gasteiger partial charge in [-0.2, -0.15) is 0 Å². The molecule has 1 aliphatic rings. The van der Waals surface area contributed by atoms with E-state index in [0.717, 1.165) is 18.1 Å². The van der Waals surface area contributed by atoms with Gasteiger partial charge in [0.25, 0.3) is 0 Å². The molecule has 3 heteroatoms. The van der Waals surface area contributed by atoms with Gasteiger partial charge in [-0.25, -0.2) is 0 Å². The molecule has 0 aromatic carbocycles. The molecule has 1 fully saturated rings. The summed E-state index contributed by atoms with van der Waals surface area (Å²) in [4.78, 5) is 2.58. The molecular formula is C15H26N2O. The summed E-state index contributed by atoms with van der Waals surface area (Å²) in [5, 5.41) is 0. The van der Waals surface area contributed by atoms with E-state index in [9.17, 15) is 0 Å². The number of nitrogens with zero attached hydrogens (tertiary/aromatic N) is 1. The van der Waals surface area contributed by atoms with Gasteiger partial charge in [0, 0.05) is 30.2 Å². The number of hydrogen-bond donors (Lipinski definition) is 1. The Morgan fingerprint density at radius 1 is 1.44 bits per heavy atom. The summed E-state index contributed by atoms with van der Waals surface area (Å²) in [7, 11) is 0. The Bertz CT molecular complexity index is 399. The third-order valence-corrected chi connectivity index (χ3v) is 4.34. The first kappa shape index (κ1) is 13.6. The number of piperidine rings is 1. The molecule has 0 bridgehead atoms. The van der Waals surface area contributed by atoms with Crippen molar-refractivity contribution in [2.45, 2.75) is 65.1 Å². The van der Waals surface area contributed by atoms with Gasteiger partial charge in [-0.05, 0) is 46.6 Å². The number of hydrogen-bond acceptors (Lipinski definition) is 3. The maximum Gasteiger partial charge on any atom is 0.105 e. The fraction of sp³-hybridized carbons (Fsp3) is 0.733. The summed E-state index contributed by atoms with van der Waals surface area (Å²) in [6.45, 7) is 9.43. The van der Waals surface area contributed by atoms with Crippen LogP contribution in [0.5, 0.6) is 0 Å². The Morgan fingerprint density at radius 2 is 2.17 bits per heavy atom. The Hall–Kier alpha value is -0.800. The Kier molecular flexibility index (Phi) is 4.13. The van der Waals surface area contributed by atoms with Gasteiger partial charge in [-0.15, -0.1) is 0 Å². The molecule has 1 aromatic rings. The van der Waals surface area contributed by atoms with Crippen LogP contribution in [0.3, 0.4) is 0 Å². The van der Waals surface area contributed by atoms with Gasteiger partial charge in [-0.1, -0.05) is 6.42 Å². The molecular weight excluding hydrogens is 224 g/mol. The first-order valence-electron chi connectivity index (χ1n) is 7.09. The van der Waals surface area contributed by atoms with Crippen LogP contribution in [0, 0.1) is 13.8 Å². The van der Waals surface area contributed by atoms with E-state index in [1.807, 2.05) is 6.92 Å². The number of aryl methyl sites for hydroxylation is 2. The van der Waals surface area contributed by atoms with Gasteiger partial charge in [0.15, 0.2) is 0 Å². The lowest BCUT2D eigenvalue weighted by atomic mass is 9.92. The van der Waals surface area contributed by atoms with Gasteiger partial charge in [0.1, 0.15) is 11.5 Å². The van der Waals surface area contributed by atoms with Gasteiger partial charge in [0.05, 0.1) is 0 Å². The van der Waals surface area contributed by atoms with Crippen molar-refractivity contribution in [1.82, 2.24) is 4.90 Å². The highest BCUT2D eigenvalue weighted by Gasteiger charge is 2.32. The lowest BCUT2D eigenvalue weighted by Gasteiger charge is -2.44. The smallest absolute Gasteiger partial charge is 0.105 e. The van der Waals surface area contributed by atoms with E-state index < -0.39 is 0 Å². The first-order chi connectivity index (χ1) is 8.54. The van der Waals surface area contributed by atoms with Crippen molar-refractivity contribution in [3.05, 3.63) is 23.2 Å². The topological polar surface area (TPSA) is 42.4 Å². The van der Waals surface area contributed by atoms with Crippen molar-refractivity contribution in [3.63, 3.8) is 0 Å². The van der Waals surface area contributed by atoms with Gasteiger partial charge < -0.3 is 10.2 Å². The molecule has 102 valence electrons. The molecule has 3 atom stereocenters. The highest BCUT2D eigenvalue weighted by Crippen LogP contribution is 2.34. The van der Waals surface area contributed by atoms with Crippen molar-refractivity contribution in [1.29, 1.82) is 0 Å². The summed E-state index contributed by atoms with van der Waals surface area (Å²) in [5.41, 5.74) is 7.27. The monoisotopic (exact) mass is 250 g/mol. The number of furan rings is 1. The van der Waals surface area contributed by atoms with Crippen LogP contribution >= 0.6 is 0 Å². The lowest BCUT2D eigenvalue weighted by molar-refractivity contribution is 0.0564. The number of rotatable bonds is 3. The summed E-state index contributed by atoms with van der Waals surface area (Å²) >= 11 is 0. The van der Waals surface area contributed by atoms with E-state index >= 15 is 0 Å². The van der Waals surface area contributed by atoms with Crippen LogP contribution in [0.15, 0.2) is 10.5 Å². The van der Waals surface area contributed by atoms with E-state index in [2.05, 4.69) is 31.7 Å². The third kappa shape index (κ3) is 2.47. The summed E-state index contributed by atoms with van der Waals surface area (Å²) < 4.78 is 5.67. The van der Waals surface area contributed by atoms with Crippen LogP contribution in [0.4, 0.5) is 0 Å². The maximum absolute atomic E-state index is 5.95. The summed E-state index contributed by atoms with van der Waals surface area (Å²) in [6.07, 6.45) is 3.80. The maximum atomic E-state index is 5.95. The van der Waals surface area contributed by atoms with Crippen LogP contribution in [-0.2, 0) is 0 Å². The van der Waals surface area contributed by atoms with Crippen LogP contribution in [0.25, 0.3) is 0 Å². The Labute approximate surface area is 110 Å². The van der Waals surface area contributed by atoms with Crippen molar-refractivity contribution in [3.8, 4) is 0 Å². The minimum Gasteiger partial charge on any atom is -0.466 e. The van der Waals surface area contributed by atoms with E-state index in [0.29, 0.717) is 18.1 Å². The molecule has 0 radical (unpaired) electrons. The van der Waals surface area contributed by atoms with Crippen molar-refractivity contribution in [2.75, 3.05) is 6.54 Å². The van der Waals surface area contributed by atoms with E-state index in [1.54, 1.807) is 0 Å². The zero-order chi connectivity index (χ0) is 13.3. The third-order valence-electron chi connectivity index (χ3n) is 4.34. The van der Waals surface area contributed by atoms with Crippen LogP contribution < -0.4 is 5.73 Å². The summed E-state index contributed by atoms with van der Waals surface area (Å²) in [5.74, 6) is 2.05. The lowest BCUT2D eigenvalue weighted by Crippen LogP contribution is -2.49. The van der Waals surface area contributed by atoms with Crippen molar-refractivity contribution < 1.29 is 4.42 Å². The second kappa shape index (κ2) is 5.45. The zero-order valence-electron chi connectivity index (χ0n) is 12.1. The largest absolute Gasteiger partial charge is 0.466 e. The second-order valence-corrected chi connectivity index (χ2v) is 5.66. The van der Waals surface area contributed by atoms with Gasteiger partial charge >= 0.3 is 0 Å². The summed E-state index contributed by atoms with van der Waals surface area (Å²) in [6, 6.07) is 3.69. The van der Waals surface area contributed by atoms with Crippen LogP contribution in [-0.4, -0.2) is 23.5 Å². The average molecular weight is 250 g/mol. The fourth-order valence-electron chi connectivity index (χ4n) is 3.47. The van der Waals surface area contributed by atoms with Crippen LogP contribution in [0.1, 0.15) is 56.2 Å².